The number of likely N-dealkylation sites (N-methyl/N-ethyl adjacent to an activating group) is 1. The number of furan rings is 1. The van der Waals surface area contributed by atoms with E-state index in [-0.39, 0.29) is 6.54 Å². The van der Waals surface area contributed by atoms with Gasteiger partial charge in [-0.2, -0.15) is 4.31 Å². The van der Waals surface area contributed by atoms with E-state index in [1.54, 1.807) is 6.07 Å². The van der Waals surface area contributed by atoms with Crippen molar-refractivity contribution in [2.75, 3.05) is 27.2 Å². The summed E-state index contributed by atoms with van der Waals surface area (Å²) in [5, 5.41) is 0. The maximum absolute atomic E-state index is 13.2. The van der Waals surface area contributed by atoms with Gasteiger partial charge in [0.05, 0.1) is 11.4 Å². The van der Waals surface area contributed by atoms with Crippen molar-refractivity contribution in [2.45, 2.75) is 32.2 Å². The first-order valence-corrected chi connectivity index (χ1v) is 9.41. The summed E-state index contributed by atoms with van der Waals surface area (Å²) in [4.78, 5) is 2.33. The number of aryl methyl sites for hydroxylation is 3. The molecule has 5 nitrogen and oxygen atoms in total. The molecule has 0 saturated carbocycles. The molecule has 1 aromatic heterocycles. The minimum atomic E-state index is -3.59. The van der Waals surface area contributed by atoms with Crippen molar-refractivity contribution >= 4 is 10.0 Å². The Labute approximate surface area is 144 Å². The fourth-order valence-electron chi connectivity index (χ4n) is 2.57. The number of hydrogen-bond donors (Lipinski definition) is 0. The predicted octanol–water partition coefficient (Wildman–Crippen LogP) is 2.96. The van der Waals surface area contributed by atoms with Crippen LogP contribution in [0.3, 0.4) is 0 Å². The molecular weight excluding hydrogens is 324 g/mol. The number of rotatable bonds is 7. The summed E-state index contributed by atoms with van der Waals surface area (Å²) in [7, 11) is 0.273. The van der Waals surface area contributed by atoms with Gasteiger partial charge in [0.25, 0.3) is 0 Å². The van der Waals surface area contributed by atoms with Crippen LogP contribution in [-0.2, 0) is 16.6 Å². The quantitative estimate of drug-likeness (QED) is 0.770. The summed E-state index contributed by atoms with van der Waals surface area (Å²) in [5.74, 6) is 1.43. The van der Waals surface area contributed by atoms with Gasteiger partial charge in [0.1, 0.15) is 11.5 Å². The van der Waals surface area contributed by atoms with Crippen LogP contribution in [0.1, 0.15) is 22.6 Å². The molecule has 0 bridgehead atoms. The molecule has 2 aromatic rings. The zero-order valence-corrected chi connectivity index (χ0v) is 15.9. The van der Waals surface area contributed by atoms with Gasteiger partial charge in [-0.15, -0.1) is 0 Å². The average molecular weight is 350 g/mol. The van der Waals surface area contributed by atoms with E-state index in [1.807, 2.05) is 64.0 Å². The molecule has 132 valence electrons. The first kappa shape index (κ1) is 18.7. The fourth-order valence-corrected chi connectivity index (χ4v) is 4.17. The van der Waals surface area contributed by atoms with E-state index < -0.39 is 10.0 Å². The van der Waals surface area contributed by atoms with Crippen LogP contribution in [0.15, 0.2) is 39.6 Å². The second-order valence-corrected chi connectivity index (χ2v) is 8.33. The lowest BCUT2D eigenvalue weighted by Gasteiger charge is -2.24. The van der Waals surface area contributed by atoms with Gasteiger partial charge < -0.3 is 9.32 Å². The number of sulfonamides is 1. The Balaban J connectivity index is 2.36. The zero-order valence-electron chi connectivity index (χ0n) is 15.0. The first-order chi connectivity index (χ1) is 11.2. The van der Waals surface area contributed by atoms with Crippen LogP contribution in [-0.4, -0.2) is 44.8 Å². The molecule has 0 aliphatic heterocycles. The molecule has 0 saturated heterocycles. The van der Waals surface area contributed by atoms with Gasteiger partial charge in [-0.05, 0) is 58.6 Å². The van der Waals surface area contributed by atoms with Crippen LogP contribution in [0.2, 0.25) is 0 Å². The summed E-state index contributed by atoms with van der Waals surface area (Å²) >= 11 is 0. The van der Waals surface area contributed by atoms with Crippen molar-refractivity contribution in [3.63, 3.8) is 0 Å². The third-order valence-electron chi connectivity index (χ3n) is 3.87. The molecule has 0 aliphatic rings. The van der Waals surface area contributed by atoms with Crippen LogP contribution >= 0.6 is 0 Å². The number of hydrogen-bond acceptors (Lipinski definition) is 4. The zero-order chi connectivity index (χ0) is 17.9. The summed E-state index contributed by atoms with van der Waals surface area (Å²) < 4.78 is 33.4. The Morgan fingerprint density at radius 1 is 1.00 bits per heavy atom. The minimum Gasteiger partial charge on any atom is -0.465 e. The molecule has 2 rings (SSSR count). The van der Waals surface area contributed by atoms with Crippen LogP contribution in [0.25, 0.3) is 0 Å². The molecule has 24 heavy (non-hydrogen) atoms. The molecule has 0 unspecified atom stereocenters. The largest absolute Gasteiger partial charge is 0.465 e. The molecule has 6 heteroatoms. The summed E-state index contributed by atoms with van der Waals surface area (Å²) in [6, 6.07) is 9.10. The minimum absolute atomic E-state index is 0.233. The second-order valence-electron chi connectivity index (χ2n) is 6.42. The highest BCUT2D eigenvalue weighted by Crippen LogP contribution is 2.23. The molecule has 0 aliphatic carbocycles. The Morgan fingerprint density at radius 3 is 2.25 bits per heavy atom. The summed E-state index contributed by atoms with van der Waals surface area (Å²) in [5.41, 5.74) is 1.81. The molecular formula is C18H26N2O3S. The number of benzene rings is 1. The SMILES string of the molecule is Cc1ccc(S(=O)(=O)N(CCN(C)C)Cc2ccc(C)o2)c(C)c1. The third-order valence-corrected chi connectivity index (χ3v) is 5.88. The lowest BCUT2D eigenvalue weighted by Crippen LogP contribution is -2.36. The fraction of sp³-hybridized carbons (Fsp3) is 0.444. The monoisotopic (exact) mass is 350 g/mol. The van der Waals surface area contributed by atoms with Crippen LogP contribution < -0.4 is 0 Å². The highest BCUT2D eigenvalue weighted by atomic mass is 32.2. The van der Waals surface area contributed by atoms with Crippen molar-refractivity contribution in [1.82, 2.24) is 9.21 Å². The van der Waals surface area contributed by atoms with Gasteiger partial charge >= 0.3 is 0 Å². The predicted molar refractivity (Wildman–Crippen MR) is 95.5 cm³/mol. The van der Waals surface area contributed by atoms with E-state index in [4.69, 9.17) is 4.42 Å². The molecule has 0 fully saturated rings. The molecule has 1 aromatic carbocycles. The van der Waals surface area contributed by atoms with Gasteiger partial charge in [-0.1, -0.05) is 17.7 Å². The maximum atomic E-state index is 13.2. The molecule has 1 heterocycles. The van der Waals surface area contributed by atoms with E-state index in [1.165, 1.54) is 4.31 Å². The Bertz CT molecular complexity index is 794. The van der Waals surface area contributed by atoms with Crippen molar-refractivity contribution in [3.05, 3.63) is 53.0 Å². The van der Waals surface area contributed by atoms with Crippen molar-refractivity contribution in [2.24, 2.45) is 0 Å². The lowest BCUT2D eigenvalue weighted by atomic mass is 10.2. The molecule has 0 atom stereocenters. The first-order valence-electron chi connectivity index (χ1n) is 7.97. The van der Waals surface area contributed by atoms with Gasteiger partial charge in [0.2, 0.25) is 10.0 Å². The van der Waals surface area contributed by atoms with Gasteiger partial charge in [-0.3, -0.25) is 0 Å². The summed E-state index contributed by atoms with van der Waals surface area (Å²) in [6.07, 6.45) is 0. The highest BCUT2D eigenvalue weighted by Gasteiger charge is 2.27. The van der Waals surface area contributed by atoms with Crippen molar-refractivity contribution < 1.29 is 12.8 Å². The smallest absolute Gasteiger partial charge is 0.243 e. The Hall–Kier alpha value is -1.63. The van der Waals surface area contributed by atoms with Crippen molar-refractivity contribution in [3.8, 4) is 0 Å². The van der Waals surface area contributed by atoms with E-state index >= 15 is 0 Å². The van der Waals surface area contributed by atoms with Crippen molar-refractivity contribution in [1.29, 1.82) is 0 Å². The van der Waals surface area contributed by atoms with Crippen LogP contribution in [0.5, 0.6) is 0 Å². The van der Waals surface area contributed by atoms with Gasteiger partial charge in [-0.25, -0.2) is 8.42 Å². The molecule has 0 spiro atoms. The van der Waals surface area contributed by atoms with E-state index in [0.717, 1.165) is 16.9 Å². The maximum Gasteiger partial charge on any atom is 0.243 e. The van der Waals surface area contributed by atoms with E-state index in [2.05, 4.69) is 0 Å². The molecule has 0 N–H and O–H groups in total. The standard InChI is InChI=1S/C18H26N2O3S/c1-14-6-9-18(15(2)12-14)24(21,22)20(11-10-19(4)5)13-17-8-7-16(3)23-17/h6-9,12H,10-11,13H2,1-5H3. The van der Waals surface area contributed by atoms with E-state index in [9.17, 15) is 8.42 Å². The average Bonchev–Trinajstić information content (AvgIpc) is 2.88. The topological polar surface area (TPSA) is 53.8 Å². The molecule has 0 amide bonds. The van der Waals surface area contributed by atoms with Crippen LogP contribution in [0.4, 0.5) is 0 Å². The molecule has 0 radical (unpaired) electrons. The lowest BCUT2D eigenvalue weighted by molar-refractivity contribution is 0.310. The van der Waals surface area contributed by atoms with E-state index in [0.29, 0.717) is 23.7 Å². The number of nitrogens with zero attached hydrogens (tertiary/aromatic N) is 2. The Kier molecular flexibility index (Phi) is 5.85. The summed E-state index contributed by atoms with van der Waals surface area (Å²) in [6.45, 7) is 6.93. The van der Waals surface area contributed by atoms with Crippen LogP contribution in [0, 0.1) is 20.8 Å². The highest BCUT2D eigenvalue weighted by molar-refractivity contribution is 7.89. The Morgan fingerprint density at radius 2 is 1.71 bits per heavy atom. The second kappa shape index (κ2) is 7.51. The normalized spacial score (nSPS) is 12.3. The van der Waals surface area contributed by atoms with Gasteiger partial charge in [0, 0.05) is 13.1 Å². The third kappa shape index (κ3) is 4.47. The van der Waals surface area contributed by atoms with Gasteiger partial charge in [0.15, 0.2) is 0 Å².